The number of piperazine rings is 1. The molecule has 170 valence electrons. The third-order valence-corrected chi connectivity index (χ3v) is 7.44. The summed E-state index contributed by atoms with van der Waals surface area (Å²) in [5.74, 6) is 0.766. The number of aryl methyl sites for hydroxylation is 1. The summed E-state index contributed by atoms with van der Waals surface area (Å²) in [6.45, 7) is 7.38. The van der Waals surface area contributed by atoms with Gasteiger partial charge in [0.05, 0.1) is 17.2 Å². The fourth-order valence-electron chi connectivity index (χ4n) is 3.59. The molecule has 0 amide bonds. The molecule has 1 aromatic carbocycles. The average Bonchev–Trinajstić information content (AvgIpc) is 3.13. The number of hydrogen-bond acceptors (Lipinski definition) is 7. The minimum atomic E-state index is -3.81. The van der Waals surface area contributed by atoms with Crippen molar-refractivity contribution in [1.29, 1.82) is 0 Å². The zero-order chi connectivity index (χ0) is 22.9. The van der Waals surface area contributed by atoms with Crippen molar-refractivity contribution in [3.05, 3.63) is 54.1 Å². The zero-order valence-electron chi connectivity index (χ0n) is 18.2. The molecule has 3 aromatic rings. The largest absolute Gasteiger partial charge is 0.491 e. The zero-order valence-corrected chi connectivity index (χ0v) is 19.0. The highest BCUT2D eigenvalue weighted by Crippen LogP contribution is 2.25. The molecule has 11 heteroatoms. The second kappa shape index (κ2) is 8.83. The van der Waals surface area contributed by atoms with Gasteiger partial charge < -0.3 is 9.64 Å². The Bertz CT molecular complexity index is 1220. The van der Waals surface area contributed by atoms with Gasteiger partial charge in [-0.2, -0.15) is 4.31 Å². The molecule has 0 aliphatic carbocycles. The maximum Gasteiger partial charge on any atom is 0.243 e. The van der Waals surface area contributed by atoms with E-state index in [2.05, 4.69) is 15.0 Å². The number of rotatable bonds is 6. The van der Waals surface area contributed by atoms with E-state index in [4.69, 9.17) is 4.74 Å². The Kier molecular flexibility index (Phi) is 6.11. The second-order valence-corrected chi connectivity index (χ2v) is 9.37. The first-order valence-corrected chi connectivity index (χ1v) is 11.8. The molecular weight excluding hydrogens is 435 g/mol. The molecule has 0 spiro atoms. The lowest BCUT2D eigenvalue weighted by molar-refractivity contribution is 0.321. The molecule has 1 saturated heterocycles. The van der Waals surface area contributed by atoms with Gasteiger partial charge in [-0.3, -0.25) is 4.57 Å². The molecule has 4 rings (SSSR count). The van der Waals surface area contributed by atoms with Crippen molar-refractivity contribution in [3.8, 4) is 11.6 Å². The van der Waals surface area contributed by atoms with Gasteiger partial charge in [-0.15, -0.1) is 0 Å². The molecule has 1 fully saturated rings. The Morgan fingerprint density at radius 3 is 2.38 bits per heavy atom. The third kappa shape index (κ3) is 4.17. The minimum Gasteiger partial charge on any atom is -0.491 e. The average molecular weight is 461 g/mol. The van der Waals surface area contributed by atoms with Crippen LogP contribution in [0.5, 0.6) is 5.75 Å². The molecule has 1 aliphatic heterocycles. The molecule has 0 saturated carbocycles. The van der Waals surface area contributed by atoms with Crippen molar-refractivity contribution < 1.29 is 17.5 Å². The lowest BCUT2D eigenvalue weighted by Gasteiger charge is -2.34. The van der Waals surface area contributed by atoms with Crippen LogP contribution in [0.25, 0.3) is 5.82 Å². The van der Waals surface area contributed by atoms with E-state index in [0.29, 0.717) is 31.3 Å². The van der Waals surface area contributed by atoms with Gasteiger partial charge in [-0.1, -0.05) is 0 Å². The number of imidazole rings is 1. The van der Waals surface area contributed by atoms with Crippen LogP contribution in [0.15, 0.2) is 41.8 Å². The van der Waals surface area contributed by atoms with E-state index in [1.807, 2.05) is 29.4 Å². The number of sulfonamides is 1. The van der Waals surface area contributed by atoms with Gasteiger partial charge in [0.1, 0.15) is 24.3 Å². The maximum atomic E-state index is 14.2. The van der Waals surface area contributed by atoms with Crippen LogP contribution in [-0.2, 0) is 10.0 Å². The second-order valence-electron chi connectivity index (χ2n) is 7.44. The summed E-state index contributed by atoms with van der Waals surface area (Å²) in [4.78, 5) is 14.9. The lowest BCUT2D eigenvalue weighted by Crippen LogP contribution is -2.49. The number of ether oxygens (including phenoxy) is 1. The summed E-state index contributed by atoms with van der Waals surface area (Å²) < 4.78 is 48.6. The van der Waals surface area contributed by atoms with Crippen molar-refractivity contribution in [2.75, 3.05) is 37.7 Å². The van der Waals surface area contributed by atoms with Gasteiger partial charge in [0.25, 0.3) is 0 Å². The number of nitrogens with zero attached hydrogens (tertiary/aromatic N) is 6. The highest BCUT2D eigenvalue weighted by molar-refractivity contribution is 7.89. The van der Waals surface area contributed by atoms with Gasteiger partial charge in [0.2, 0.25) is 10.0 Å². The van der Waals surface area contributed by atoms with E-state index in [1.165, 1.54) is 22.8 Å². The molecule has 2 aromatic heterocycles. The predicted octanol–water partition coefficient (Wildman–Crippen LogP) is 2.33. The number of anilines is 1. The monoisotopic (exact) mass is 460 g/mol. The summed E-state index contributed by atoms with van der Waals surface area (Å²) in [6, 6.07) is 5.60. The molecule has 0 radical (unpaired) electrons. The van der Waals surface area contributed by atoms with Crippen molar-refractivity contribution in [2.24, 2.45) is 0 Å². The van der Waals surface area contributed by atoms with Gasteiger partial charge in [-0.05, 0) is 39.0 Å². The van der Waals surface area contributed by atoms with Crippen LogP contribution in [0.2, 0.25) is 0 Å². The van der Waals surface area contributed by atoms with Crippen LogP contribution >= 0.6 is 0 Å². The minimum absolute atomic E-state index is 0.0409. The molecule has 0 bridgehead atoms. The first kappa shape index (κ1) is 22.2. The van der Waals surface area contributed by atoms with E-state index in [-0.39, 0.29) is 23.7 Å². The summed E-state index contributed by atoms with van der Waals surface area (Å²) in [6.07, 6.45) is 3.21. The molecule has 0 N–H and O–H groups in total. The number of benzene rings is 1. The Morgan fingerprint density at radius 1 is 1.03 bits per heavy atom. The van der Waals surface area contributed by atoms with Crippen LogP contribution in [0, 0.1) is 19.7 Å². The highest BCUT2D eigenvalue weighted by atomic mass is 32.2. The third-order valence-electron chi connectivity index (χ3n) is 5.54. The molecule has 0 unspecified atom stereocenters. The Balaban J connectivity index is 1.48. The first-order valence-electron chi connectivity index (χ1n) is 10.3. The first-order chi connectivity index (χ1) is 15.3. The maximum absolute atomic E-state index is 14.2. The predicted molar refractivity (Wildman–Crippen MR) is 117 cm³/mol. The Hall–Kier alpha value is -3.05. The smallest absolute Gasteiger partial charge is 0.243 e. The van der Waals surface area contributed by atoms with Crippen molar-refractivity contribution in [3.63, 3.8) is 0 Å². The summed E-state index contributed by atoms with van der Waals surface area (Å²) in [5.41, 5.74) is 1.92. The number of aromatic nitrogens is 4. The van der Waals surface area contributed by atoms with Gasteiger partial charge in [-0.25, -0.2) is 27.8 Å². The molecule has 0 atom stereocenters. The van der Waals surface area contributed by atoms with Crippen molar-refractivity contribution >= 4 is 15.8 Å². The van der Waals surface area contributed by atoms with Crippen molar-refractivity contribution in [2.45, 2.75) is 25.7 Å². The fourth-order valence-corrected chi connectivity index (χ4v) is 5.03. The van der Waals surface area contributed by atoms with Crippen LogP contribution in [0.1, 0.15) is 18.3 Å². The molecule has 1 aliphatic rings. The topological polar surface area (TPSA) is 93.5 Å². The summed E-state index contributed by atoms with van der Waals surface area (Å²) in [5, 5.41) is 0. The SMILES string of the molecule is CCOc1ccc(S(=O)(=O)N2CCN(c3cc(-n4cnc(C)c4C)ncn3)CC2)cc1F. The normalized spacial score (nSPS) is 15.2. The van der Waals surface area contributed by atoms with Crippen LogP contribution < -0.4 is 9.64 Å². The molecule has 32 heavy (non-hydrogen) atoms. The Morgan fingerprint density at radius 2 is 1.75 bits per heavy atom. The van der Waals surface area contributed by atoms with Crippen LogP contribution in [-0.4, -0.2) is 65.0 Å². The fraction of sp³-hybridized carbons (Fsp3) is 0.381. The summed E-state index contributed by atoms with van der Waals surface area (Å²) >= 11 is 0. The standard InChI is InChI=1S/C21H25FN6O3S/c1-4-31-19-6-5-17(11-18(19)22)32(29,30)27-9-7-26(8-10-27)20-12-21(24-13-23-20)28-14-25-15(2)16(28)3/h5-6,11-14H,4,7-10H2,1-3H3. The molecule has 9 nitrogen and oxygen atoms in total. The van der Waals surface area contributed by atoms with E-state index >= 15 is 0 Å². The van der Waals surface area contributed by atoms with Gasteiger partial charge in [0, 0.05) is 37.9 Å². The molecular formula is C21H25FN6O3S. The van der Waals surface area contributed by atoms with Crippen molar-refractivity contribution in [1.82, 2.24) is 23.8 Å². The van der Waals surface area contributed by atoms with Crippen LogP contribution in [0.3, 0.4) is 0 Å². The highest BCUT2D eigenvalue weighted by Gasteiger charge is 2.30. The molecule has 3 heterocycles. The number of hydrogen-bond donors (Lipinski definition) is 0. The van der Waals surface area contributed by atoms with Crippen LogP contribution in [0.4, 0.5) is 10.2 Å². The van der Waals surface area contributed by atoms with E-state index in [0.717, 1.165) is 17.5 Å². The lowest BCUT2D eigenvalue weighted by atomic mass is 10.3. The summed E-state index contributed by atoms with van der Waals surface area (Å²) in [7, 11) is -3.81. The van der Waals surface area contributed by atoms with E-state index in [1.54, 1.807) is 13.3 Å². The Labute approximate surface area is 186 Å². The van der Waals surface area contributed by atoms with Gasteiger partial charge >= 0.3 is 0 Å². The van der Waals surface area contributed by atoms with E-state index in [9.17, 15) is 12.8 Å². The quantitative estimate of drug-likeness (QED) is 0.557. The van der Waals surface area contributed by atoms with E-state index < -0.39 is 15.8 Å². The van der Waals surface area contributed by atoms with Gasteiger partial charge in [0.15, 0.2) is 11.6 Å². The number of halogens is 1.